The second-order valence-electron chi connectivity index (χ2n) is 5.41. The van der Waals surface area contributed by atoms with Crippen molar-refractivity contribution in [2.45, 2.75) is 38.9 Å². The molecule has 0 radical (unpaired) electrons. The maximum atomic E-state index is 11.7. The Morgan fingerprint density at radius 1 is 1.33 bits per heavy atom. The van der Waals surface area contributed by atoms with Gasteiger partial charge in [-0.1, -0.05) is 19.9 Å². The number of unbranched alkanes of at least 4 members (excludes halogenated alkanes) is 1. The largest absolute Gasteiger partial charge is 0.458 e. The second-order valence-corrected chi connectivity index (χ2v) is 5.41. The van der Waals surface area contributed by atoms with E-state index in [4.69, 9.17) is 20.5 Å². The Labute approximate surface area is 155 Å². The summed E-state index contributed by atoms with van der Waals surface area (Å²) in [5.74, 6) is 1.64. The van der Waals surface area contributed by atoms with Gasteiger partial charge in [-0.3, -0.25) is 0 Å². The van der Waals surface area contributed by atoms with Crippen LogP contribution in [0.4, 0.5) is 13.2 Å². The Morgan fingerprint density at radius 2 is 1.93 bits per heavy atom. The lowest BCUT2D eigenvalue weighted by Crippen LogP contribution is -2.47. The van der Waals surface area contributed by atoms with Crippen molar-refractivity contribution in [1.29, 1.82) is 15.8 Å². The summed E-state index contributed by atoms with van der Waals surface area (Å²) in [4.78, 5) is 10.8. The van der Waals surface area contributed by atoms with Crippen LogP contribution in [0, 0.1) is 33.7 Å². The lowest BCUT2D eigenvalue weighted by molar-refractivity contribution is -0.696. The van der Waals surface area contributed by atoms with E-state index in [0.29, 0.717) is 31.1 Å². The van der Waals surface area contributed by atoms with E-state index in [9.17, 15) is 18.0 Å². The monoisotopic (exact) mass is 381 g/mol. The Morgan fingerprint density at radius 3 is 2.33 bits per heavy atom. The van der Waals surface area contributed by atoms with Gasteiger partial charge >= 0.3 is 12.1 Å². The number of carbonyl (C=O) groups excluding carboxylic acids is 1. The van der Waals surface area contributed by atoms with E-state index in [2.05, 4.69) is 18.1 Å². The number of esters is 1. The van der Waals surface area contributed by atoms with Crippen LogP contribution in [0.5, 0.6) is 0 Å². The Bertz CT molecular complexity index is 720. The second kappa shape index (κ2) is 11.4. The molecule has 0 bridgehead atoms. The molecule has 0 aliphatic rings. The summed E-state index contributed by atoms with van der Waals surface area (Å²) >= 11 is 0. The fourth-order valence-electron chi connectivity index (χ4n) is 1.66. The summed E-state index contributed by atoms with van der Waals surface area (Å²) in [5, 5.41) is 23.8. The predicted octanol–water partition coefficient (Wildman–Crippen LogP) is 2.03. The van der Waals surface area contributed by atoms with E-state index >= 15 is 0 Å². The molecule has 1 aromatic heterocycles. The van der Waals surface area contributed by atoms with Crippen molar-refractivity contribution in [1.82, 2.24) is 4.57 Å². The minimum Gasteiger partial charge on any atom is -0.458 e. The van der Waals surface area contributed by atoms with Gasteiger partial charge in [0.2, 0.25) is 6.33 Å². The summed E-state index contributed by atoms with van der Waals surface area (Å²) in [5.41, 5.74) is 0. The van der Waals surface area contributed by atoms with E-state index in [1.807, 2.05) is 23.3 Å². The third-order valence-corrected chi connectivity index (χ3v) is 3.35. The quantitative estimate of drug-likeness (QED) is 0.311. The Balaban J connectivity index is 0.000000541. The minimum atomic E-state index is -5.06. The molecule has 0 atom stereocenters. The van der Waals surface area contributed by atoms with E-state index in [-0.39, 0.29) is 5.97 Å². The molecule has 11 heteroatoms. The predicted molar refractivity (Wildman–Crippen MR) is 89.3 cm³/mol. The molecule has 0 saturated carbocycles. The van der Waals surface area contributed by atoms with E-state index < -0.39 is 12.2 Å². The highest BCUT2D eigenvalue weighted by Crippen LogP contribution is 2.26. The van der Waals surface area contributed by atoms with Crippen LogP contribution in [-0.4, -0.2) is 29.4 Å². The summed E-state index contributed by atoms with van der Waals surface area (Å²) in [7, 11) is 0. The number of nitrogens with zero attached hydrogens (tertiary/aromatic N) is 5. The van der Waals surface area contributed by atoms with Gasteiger partial charge in [-0.05, 0) is 6.42 Å². The lowest BCUT2D eigenvalue weighted by atomic mass is 9.28. The first-order valence-corrected chi connectivity index (χ1v) is 7.99. The molecule has 0 aliphatic carbocycles. The number of alkyl halides is 3. The van der Waals surface area contributed by atoms with Crippen LogP contribution in [0.15, 0.2) is 31.4 Å². The number of aromatic nitrogens is 2. The number of hydrogen-bond acceptors (Lipinski definition) is 5. The van der Waals surface area contributed by atoms with Crippen molar-refractivity contribution in [3.8, 4) is 17.9 Å². The Kier molecular flexibility index (Phi) is 10.0. The fourth-order valence-corrected chi connectivity index (χ4v) is 1.66. The third kappa shape index (κ3) is 7.66. The molecule has 7 nitrogen and oxygen atoms in total. The molecule has 1 rings (SSSR count). The van der Waals surface area contributed by atoms with Gasteiger partial charge in [-0.15, -0.1) is 17.9 Å². The normalized spacial score (nSPS) is 10.4. The van der Waals surface area contributed by atoms with Gasteiger partial charge < -0.3 is 4.74 Å². The van der Waals surface area contributed by atoms with E-state index in [0.717, 1.165) is 6.54 Å². The average Bonchev–Trinajstić information content (AvgIpc) is 3.09. The molecule has 0 aromatic carbocycles. The van der Waals surface area contributed by atoms with Gasteiger partial charge in [0.05, 0.1) is 6.54 Å². The highest BCUT2D eigenvalue weighted by atomic mass is 19.4. The molecule has 1 heterocycles. The minimum absolute atomic E-state index is 0.369. The van der Waals surface area contributed by atoms with E-state index in [1.54, 1.807) is 0 Å². The topological polar surface area (TPSA) is 106 Å². The van der Waals surface area contributed by atoms with Crippen molar-refractivity contribution >= 4 is 12.1 Å². The van der Waals surface area contributed by atoms with Crippen molar-refractivity contribution in [3.63, 3.8) is 0 Å². The number of carbonyl (C=O) groups is 1. The van der Waals surface area contributed by atoms with Crippen LogP contribution >= 0.6 is 0 Å². The molecular formula is C16H19BF3N5O2. The van der Waals surface area contributed by atoms with Crippen molar-refractivity contribution in [3.05, 3.63) is 31.4 Å². The zero-order valence-electron chi connectivity index (χ0n) is 14.8. The average molecular weight is 381 g/mol. The van der Waals surface area contributed by atoms with Crippen LogP contribution in [-0.2, 0) is 22.6 Å². The van der Waals surface area contributed by atoms with Crippen molar-refractivity contribution < 1.29 is 27.3 Å². The first-order chi connectivity index (χ1) is 12.7. The summed E-state index contributed by atoms with van der Waals surface area (Å²) in [6.45, 7) is 7.61. The fraction of sp³-hybridized carbons (Fsp3) is 0.438. The van der Waals surface area contributed by atoms with Crippen LogP contribution in [0.2, 0.25) is 0 Å². The first-order valence-electron chi connectivity index (χ1n) is 7.99. The molecule has 0 aliphatic heterocycles. The molecular weight excluding hydrogens is 362 g/mol. The first kappa shape index (κ1) is 23.7. The molecule has 0 N–H and O–H groups in total. The number of hydrogen-bond donors (Lipinski definition) is 0. The smallest absolute Gasteiger partial charge is 0.401 e. The number of aryl methyl sites for hydroxylation is 1. The highest BCUT2D eigenvalue weighted by molar-refractivity contribution is 7.00. The van der Waals surface area contributed by atoms with Crippen LogP contribution < -0.4 is 4.57 Å². The van der Waals surface area contributed by atoms with Gasteiger partial charge in [-0.2, -0.15) is 0 Å². The molecule has 0 amide bonds. The van der Waals surface area contributed by atoms with Crippen LogP contribution in [0.3, 0.4) is 0 Å². The highest BCUT2D eigenvalue weighted by Gasteiger charge is 2.51. The van der Waals surface area contributed by atoms with Gasteiger partial charge in [-0.25, -0.2) is 42.9 Å². The summed E-state index contributed by atoms with van der Waals surface area (Å²) in [6, 6.07) is 0. The number of ether oxygens (including phenoxy) is 1. The van der Waals surface area contributed by atoms with Crippen molar-refractivity contribution in [2.75, 3.05) is 6.61 Å². The maximum Gasteiger partial charge on any atom is 0.401 e. The van der Waals surface area contributed by atoms with Gasteiger partial charge in [0, 0.05) is 6.08 Å². The Hall–Kier alpha value is -3.26. The zero-order chi connectivity index (χ0) is 20.9. The summed E-state index contributed by atoms with van der Waals surface area (Å²) in [6.07, 6.45) is 0.345. The van der Waals surface area contributed by atoms with Gasteiger partial charge in [0.1, 0.15) is 25.5 Å². The zero-order valence-corrected chi connectivity index (χ0v) is 14.8. The molecule has 0 fully saturated rings. The molecule has 0 spiro atoms. The standard InChI is InChI=1S/C12H19N2O2.C4BF3N3/c1-3-5-6-13-7-8-14(11-13)9-10-16-12(15)4-2;6-4(7,8)5(1-9,2-10)3-11/h4,7-8,11H,2-3,5-6,9-10H2,1H3;/q+1;-1. The van der Waals surface area contributed by atoms with E-state index in [1.165, 1.54) is 18.9 Å². The SMILES string of the molecule is C=CC(=O)OCCn1cc[n+](CCCC)c1.N#C[B-](C#N)(C#N)C(F)(F)F. The van der Waals surface area contributed by atoms with Crippen molar-refractivity contribution in [2.24, 2.45) is 0 Å². The number of halogens is 3. The molecule has 1 aromatic rings. The number of rotatable bonds is 7. The van der Waals surface area contributed by atoms with Gasteiger partial charge in [0.25, 0.3) is 6.08 Å². The number of imidazole rings is 1. The number of nitriles is 3. The third-order valence-electron chi connectivity index (χ3n) is 3.35. The molecule has 144 valence electrons. The summed E-state index contributed by atoms with van der Waals surface area (Å²) < 4.78 is 44.3. The van der Waals surface area contributed by atoms with Crippen LogP contribution in [0.25, 0.3) is 0 Å². The maximum absolute atomic E-state index is 11.7. The molecule has 0 saturated heterocycles. The van der Waals surface area contributed by atoms with Gasteiger partial charge in [0.15, 0.2) is 0 Å². The van der Waals surface area contributed by atoms with Crippen LogP contribution in [0.1, 0.15) is 19.8 Å². The lowest BCUT2D eigenvalue weighted by Gasteiger charge is -2.19. The molecule has 27 heavy (non-hydrogen) atoms. The molecule has 0 unspecified atom stereocenters.